The molecule has 2 aliphatic carbocycles. The van der Waals surface area contributed by atoms with Crippen molar-refractivity contribution in [2.24, 2.45) is 11.3 Å². The van der Waals surface area contributed by atoms with Crippen LogP contribution in [0.1, 0.15) is 39.0 Å². The van der Waals surface area contributed by atoms with E-state index in [1.807, 2.05) is 0 Å². The second kappa shape index (κ2) is 4.63. The van der Waals surface area contributed by atoms with E-state index >= 15 is 0 Å². The van der Waals surface area contributed by atoms with Crippen LogP contribution < -0.4 is 5.32 Å². The minimum Gasteiger partial charge on any atom is -0.380 e. The van der Waals surface area contributed by atoms with Crippen LogP contribution in [0.15, 0.2) is 0 Å². The molecule has 0 bridgehead atoms. The van der Waals surface area contributed by atoms with E-state index in [0.29, 0.717) is 0 Å². The maximum Gasteiger partial charge on any atom is 0.0590 e. The molecule has 0 aromatic rings. The molecule has 1 N–H and O–H groups in total. The molecular formula is C12H23NO. The molecule has 0 heterocycles. The standard InChI is InChI=1S/C12H23NO/c1-2-8-14-9-7-13-10-12(5-6-12)11-3-4-11/h11,13H,2-10H2,1H3. The van der Waals surface area contributed by atoms with Gasteiger partial charge in [0.2, 0.25) is 0 Å². The van der Waals surface area contributed by atoms with Gasteiger partial charge in [-0.25, -0.2) is 0 Å². The van der Waals surface area contributed by atoms with Crippen LogP contribution in [0, 0.1) is 11.3 Å². The van der Waals surface area contributed by atoms with Crippen molar-refractivity contribution in [3.8, 4) is 0 Å². The molecule has 0 spiro atoms. The van der Waals surface area contributed by atoms with Crippen molar-refractivity contribution in [3.63, 3.8) is 0 Å². The molecule has 0 unspecified atom stereocenters. The molecule has 2 nitrogen and oxygen atoms in total. The Hall–Kier alpha value is -0.0800. The first kappa shape index (κ1) is 10.4. The summed E-state index contributed by atoms with van der Waals surface area (Å²) < 4.78 is 5.43. The van der Waals surface area contributed by atoms with Gasteiger partial charge in [-0.15, -0.1) is 0 Å². The zero-order valence-electron chi connectivity index (χ0n) is 9.35. The summed E-state index contributed by atoms with van der Waals surface area (Å²) in [4.78, 5) is 0. The van der Waals surface area contributed by atoms with Crippen LogP contribution in [0.4, 0.5) is 0 Å². The smallest absolute Gasteiger partial charge is 0.0590 e. The van der Waals surface area contributed by atoms with Crippen LogP contribution in [-0.2, 0) is 4.74 Å². The maximum absolute atomic E-state index is 5.43. The van der Waals surface area contributed by atoms with Gasteiger partial charge in [0.1, 0.15) is 0 Å². The van der Waals surface area contributed by atoms with E-state index in [0.717, 1.165) is 37.5 Å². The second-order valence-corrected chi connectivity index (χ2v) is 4.93. The minimum absolute atomic E-state index is 0.741. The third-order valence-electron chi connectivity index (χ3n) is 3.58. The van der Waals surface area contributed by atoms with Gasteiger partial charge in [0, 0.05) is 19.7 Å². The Balaban J connectivity index is 1.47. The molecule has 0 amide bonds. The summed E-state index contributed by atoms with van der Waals surface area (Å²) in [6.07, 6.45) is 7.06. The first-order chi connectivity index (χ1) is 6.87. The normalized spacial score (nSPS) is 23.8. The highest BCUT2D eigenvalue weighted by atomic mass is 16.5. The van der Waals surface area contributed by atoms with Gasteiger partial charge in [-0.05, 0) is 43.4 Å². The number of hydrogen-bond acceptors (Lipinski definition) is 2. The average Bonchev–Trinajstić information content (AvgIpc) is 3.03. The van der Waals surface area contributed by atoms with Gasteiger partial charge in [0.25, 0.3) is 0 Å². The van der Waals surface area contributed by atoms with Crippen LogP contribution in [0.3, 0.4) is 0 Å². The second-order valence-electron chi connectivity index (χ2n) is 4.93. The van der Waals surface area contributed by atoms with E-state index in [4.69, 9.17) is 4.74 Å². The summed E-state index contributed by atoms with van der Waals surface area (Å²) in [5, 5.41) is 3.54. The van der Waals surface area contributed by atoms with Gasteiger partial charge in [0.15, 0.2) is 0 Å². The van der Waals surface area contributed by atoms with Crippen molar-refractivity contribution in [1.29, 1.82) is 0 Å². The molecule has 2 aliphatic rings. The van der Waals surface area contributed by atoms with E-state index in [2.05, 4.69) is 12.2 Å². The van der Waals surface area contributed by atoms with Gasteiger partial charge in [-0.2, -0.15) is 0 Å². The molecule has 0 aromatic heterocycles. The van der Waals surface area contributed by atoms with Gasteiger partial charge in [0.05, 0.1) is 6.61 Å². The van der Waals surface area contributed by atoms with E-state index in [1.165, 1.54) is 32.2 Å². The molecule has 0 aromatic carbocycles. The van der Waals surface area contributed by atoms with Crippen LogP contribution in [-0.4, -0.2) is 26.3 Å². The molecule has 82 valence electrons. The van der Waals surface area contributed by atoms with Crippen LogP contribution in [0.5, 0.6) is 0 Å². The van der Waals surface area contributed by atoms with E-state index < -0.39 is 0 Å². The van der Waals surface area contributed by atoms with Gasteiger partial charge < -0.3 is 10.1 Å². The first-order valence-corrected chi connectivity index (χ1v) is 6.16. The fraction of sp³-hybridized carbons (Fsp3) is 1.00. The van der Waals surface area contributed by atoms with Crippen LogP contribution >= 0.6 is 0 Å². The summed E-state index contributed by atoms with van der Waals surface area (Å²) in [5.74, 6) is 1.08. The SMILES string of the molecule is CCCOCCNCC1(C2CC2)CC1. The van der Waals surface area contributed by atoms with Crippen molar-refractivity contribution in [2.45, 2.75) is 39.0 Å². The third-order valence-corrected chi connectivity index (χ3v) is 3.58. The molecule has 0 saturated heterocycles. The highest BCUT2D eigenvalue weighted by Gasteiger charge is 2.52. The molecule has 2 fully saturated rings. The maximum atomic E-state index is 5.43. The quantitative estimate of drug-likeness (QED) is 0.602. The number of rotatable bonds is 8. The fourth-order valence-corrected chi connectivity index (χ4v) is 2.31. The topological polar surface area (TPSA) is 21.3 Å². The van der Waals surface area contributed by atoms with E-state index in [-0.39, 0.29) is 0 Å². The molecular weight excluding hydrogens is 174 g/mol. The van der Waals surface area contributed by atoms with Gasteiger partial charge >= 0.3 is 0 Å². The first-order valence-electron chi connectivity index (χ1n) is 6.16. The largest absolute Gasteiger partial charge is 0.380 e. The fourth-order valence-electron chi connectivity index (χ4n) is 2.31. The number of hydrogen-bond donors (Lipinski definition) is 1. The molecule has 2 rings (SSSR count). The zero-order chi connectivity index (χ0) is 9.86. The lowest BCUT2D eigenvalue weighted by atomic mass is 10.0. The Morgan fingerprint density at radius 2 is 2.07 bits per heavy atom. The Labute approximate surface area is 87.4 Å². The summed E-state index contributed by atoms with van der Waals surface area (Å²) in [6.45, 7) is 6.23. The summed E-state index contributed by atoms with van der Waals surface area (Å²) in [7, 11) is 0. The summed E-state index contributed by atoms with van der Waals surface area (Å²) >= 11 is 0. The average molecular weight is 197 g/mol. The number of ether oxygens (including phenoxy) is 1. The Kier molecular flexibility index (Phi) is 3.45. The molecule has 2 heteroatoms. The van der Waals surface area contributed by atoms with Crippen molar-refractivity contribution in [2.75, 3.05) is 26.3 Å². The van der Waals surface area contributed by atoms with E-state index in [1.54, 1.807) is 0 Å². The van der Waals surface area contributed by atoms with E-state index in [9.17, 15) is 0 Å². The van der Waals surface area contributed by atoms with Crippen molar-refractivity contribution >= 4 is 0 Å². The van der Waals surface area contributed by atoms with Crippen molar-refractivity contribution < 1.29 is 4.74 Å². The third kappa shape index (κ3) is 2.71. The van der Waals surface area contributed by atoms with Crippen molar-refractivity contribution in [3.05, 3.63) is 0 Å². The molecule has 0 aliphatic heterocycles. The number of nitrogens with one attached hydrogen (secondary N) is 1. The predicted molar refractivity (Wildman–Crippen MR) is 58.4 cm³/mol. The Morgan fingerprint density at radius 1 is 1.29 bits per heavy atom. The van der Waals surface area contributed by atoms with Gasteiger partial charge in [-0.1, -0.05) is 6.92 Å². The molecule has 0 atom stereocenters. The Morgan fingerprint density at radius 3 is 2.64 bits per heavy atom. The minimum atomic E-state index is 0.741. The predicted octanol–water partition coefficient (Wildman–Crippen LogP) is 2.19. The summed E-state index contributed by atoms with van der Waals surface area (Å²) in [6, 6.07) is 0. The lowest BCUT2D eigenvalue weighted by Crippen LogP contribution is -2.28. The molecule has 2 saturated carbocycles. The van der Waals surface area contributed by atoms with Crippen molar-refractivity contribution in [1.82, 2.24) is 5.32 Å². The lowest BCUT2D eigenvalue weighted by molar-refractivity contribution is 0.135. The highest BCUT2D eigenvalue weighted by Crippen LogP contribution is 2.60. The zero-order valence-corrected chi connectivity index (χ0v) is 9.35. The summed E-state index contributed by atoms with van der Waals surface area (Å²) in [5.41, 5.74) is 0.741. The molecule has 0 radical (unpaired) electrons. The highest BCUT2D eigenvalue weighted by molar-refractivity contribution is 5.04. The van der Waals surface area contributed by atoms with Crippen LogP contribution in [0.25, 0.3) is 0 Å². The van der Waals surface area contributed by atoms with Crippen LogP contribution in [0.2, 0.25) is 0 Å². The monoisotopic (exact) mass is 197 g/mol. The Bertz CT molecular complexity index is 173. The van der Waals surface area contributed by atoms with Gasteiger partial charge in [-0.3, -0.25) is 0 Å². The lowest BCUT2D eigenvalue weighted by Gasteiger charge is -2.14. The molecule has 14 heavy (non-hydrogen) atoms.